The Morgan fingerprint density at radius 2 is 1.78 bits per heavy atom. The highest BCUT2D eigenvalue weighted by atomic mass is 19.1. The van der Waals surface area contributed by atoms with Gasteiger partial charge in [-0.25, -0.2) is 8.78 Å². The molecule has 1 aliphatic rings. The molecule has 0 aliphatic heterocycles. The number of fused-ring (bicyclic) bond motifs is 1. The summed E-state index contributed by atoms with van der Waals surface area (Å²) >= 11 is 0. The summed E-state index contributed by atoms with van der Waals surface area (Å²) < 4.78 is 31.6. The molecule has 0 saturated heterocycles. The van der Waals surface area contributed by atoms with Gasteiger partial charge in [0.15, 0.2) is 17.1 Å². The van der Waals surface area contributed by atoms with E-state index in [1.54, 1.807) is 22.9 Å². The van der Waals surface area contributed by atoms with Gasteiger partial charge >= 0.3 is 0 Å². The molecule has 1 saturated carbocycles. The zero-order valence-corrected chi connectivity index (χ0v) is 14.6. The quantitative estimate of drug-likeness (QED) is 0.601. The molecule has 4 rings (SSSR count). The van der Waals surface area contributed by atoms with Crippen molar-refractivity contribution in [1.82, 2.24) is 4.57 Å². The standard InChI is InChI=1S/C20H20F2N4O/c21-16-18(24)15-14(27)8-10-26(13-5-6-13)20(15)17(22)19(16)25-9-7-11-1-3-12(23)4-2-11/h1-4,8,10,13,25H,5-7,9,23-24H2. The maximum atomic E-state index is 15.2. The minimum Gasteiger partial charge on any atom is -0.399 e. The lowest BCUT2D eigenvalue weighted by Gasteiger charge is -2.17. The number of nitrogens with two attached hydrogens (primary N) is 2. The Kier molecular flexibility index (Phi) is 4.22. The third-order valence-electron chi connectivity index (χ3n) is 4.92. The van der Waals surface area contributed by atoms with Gasteiger partial charge in [-0.05, 0) is 37.0 Å². The van der Waals surface area contributed by atoms with Crippen LogP contribution in [0, 0.1) is 11.6 Å². The maximum absolute atomic E-state index is 15.2. The molecule has 0 bridgehead atoms. The first-order valence-corrected chi connectivity index (χ1v) is 8.87. The van der Waals surface area contributed by atoms with Crippen LogP contribution in [0.3, 0.4) is 0 Å². The molecule has 0 unspecified atom stereocenters. The summed E-state index contributed by atoms with van der Waals surface area (Å²) in [5, 5.41) is 2.71. The number of halogens is 2. The van der Waals surface area contributed by atoms with Crippen molar-refractivity contribution in [3.05, 3.63) is 63.9 Å². The van der Waals surface area contributed by atoms with Gasteiger partial charge < -0.3 is 21.4 Å². The summed E-state index contributed by atoms with van der Waals surface area (Å²) in [5.41, 5.74) is 12.1. The lowest BCUT2D eigenvalue weighted by molar-refractivity contribution is 0.590. The van der Waals surface area contributed by atoms with Crippen LogP contribution < -0.4 is 22.2 Å². The monoisotopic (exact) mass is 370 g/mol. The van der Waals surface area contributed by atoms with Gasteiger partial charge in [-0.3, -0.25) is 4.79 Å². The average Bonchev–Trinajstić information content (AvgIpc) is 3.49. The van der Waals surface area contributed by atoms with Crippen LogP contribution in [0.25, 0.3) is 10.9 Å². The smallest absolute Gasteiger partial charge is 0.191 e. The molecule has 1 aromatic heterocycles. The normalized spacial score (nSPS) is 13.9. The Hall–Kier alpha value is -3.09. The van der Waals surface area contributed by atoms with Crippen LogP contribution >= 0.6 is 0 Å². The van der Waals surface area contributed by atoms with Crippen LogP contribution in [0.5, 0.6) is 0 Å². The van der Waals surface area contributed by atoms with Crippen LogP contribution in [0.1, 0.15) is 24.4 Å². The molecule has 27 heavy (non-hydrogen) atoms. The van der Waals surface area contributed by atoms with E-state index in [0.29, 0.717) is 18.7 Å². The van der Waals surface area contributed by atoms with Crippen LogP contribution in [0.4, 0.5) is 25.8 Å². The fraction of sp³-hybridized carbons (Fsp3) is 0.250. The Labute approximate surface area is 154 Å². The number of rotatable bonds is 5. The van der Waals surface area contributed by atoms with E-state index in [1.165, 1.54) is 6.07 Å². The molecule has 5 nitrogen and oxygen atoms in total. The van der Waals surface area contributed by atoms with Gasteiger partial charge in [-0.2, -0.15) is 0 Å². The first-order valence-electron chi connectivity index (χ1n) is 8.87. The topological polar surface area (TPSA) is 86.1 Å². The third kappa shape index (κ3) is 3.09. The molecule has 3 aromatic rings. The minimum absolute atomic E-state index is 0.0684. The molecule has 7 heteroatoms. The molecular weight excluding hydrogens is 350 g/mol. The zero-order valence-electron chi connectivity index (χ0n) is 14.6. The molecule has 0 spiro atoms. The lowest BCUT2D eigenvalue weighted by atomic mass is 10.1. The number of hydrogen-bond donors (Lipinski definition) is 3. The highest BCUT2D eigenvalue weighted by molar-refractivity contribution is 5.95. The number of aromatic nitrogens is 1. The zero-order chi connectivity index (χ0) is 19.1. The Morgan fingerprint density at radius 1 is 1.07 bits per heavy atom. The van der Waals surface area contributed by atoms with E-state index in [0.717, 1.165) is 18.4 Å². The van der Waals surface area contributed by atoms with E-state index >= 15 is 4.39 Å². The number of nitrogen functional groups attached to an aromatic ring is 2. The van der Waals surface area contributed by atoms with Crippen LogP contribution in [0.2, 0.25) is 0 Å². The van der Waals surface area contributed by atoms with Crippen LogP contribution in [0.15, 0.2) is 41.3 Å². The second kappa shape index (κ2) is 6.57. The number of nitrogens with zero attached hydrogens (tertiary/aromatic N) is 1. The van der Waals surface area contributed by atoms with E-state index in [1.807, 2.05) is 12.1 Å². The molecule has 0 radical (unpaired) electrons. The molecule has 2 aromatic carbocycles. The van der Waals surface area contributed by atoms with Crippen molar-refractivity contribution < 1.29 is 8.78 Å². The van der Waals surface area contributed by atoms with Gasteiger partial charge in [0.25, 0.3) is 0 Å². The fourth-order valence-corrected chi connectivity index (χ4v) is 3.32. The van der Waals surface area contributed by atoms with E-state index in [2.05, 4.69) is 5.32 Å². The average molecular weight is 370 g/mol. The van der Waals surface area contributed by atoms with E-state index in [9.17, 15) is 9.18 Å². The predicted octanol–water partition coefficient (Wildman–Crippen LogP) is 3.43. The Balaban J connectivity index is 1.71. The van der Waals surface area contributed by atoms with Crippen molar-refractivity contribution in [2.45, 2.75) is 25.3 Å². The molecule has 1 aliphatic carbocycles. The molecular formula is C20H20F2N4O. The summed E-state index contributed by atoms with van der Waals surface area (Å²) in [4.78, 5) is 12.2. The van der Waals surface area contributed by atoms with Crippen molar-refractivity contribution in [2.75, 3.05) is 23.3 Å². The van der Waals surface area contributed by atoms with Gasteiger partial charge in [-0.1, -0.05) is 12.1 Å². The van der Waals surface area contributed by atoms with Gasteiger partial charge in [0.05, 0.1) is 16.6 Å². The number of nitrogens with one attached hydrogen (secondary N) is 1. The highest BCUT2D eigenvalue weighted by Gasteiger charge is 2.29. The number of benzene rings is 2. The number of hydrogen-bond acceptors (Lipinski definition) is 4. The highest BCUT2D eigenvalue weighted by Crippen LogP contribution is 2.40. The molecule has 5 N–H and O–H groups in total. The van der Waals surface area contributed by atoms with E-state index < -0.39 is 17.1 Å². The number of anilines is 3. The first-order chi connectivity index (χ1) is 13.0. The molecule has 1 heterocycles. The van der Waals surface area contributed by atoms with Gasteiger partial charge in [0.2, 0.25) is 0 Å². The lowest BCUT2D eigenvalue weighted by Crippen LogP contribution is -2.16. The van der Waals surface area contributed by atoms with Gasteiger partial charge in [0, 0.05) is 30.5 Å². The van der Waals surface area contributed by atoms with Crippen molar-refractivity contribution in [3.8, 4) is 0 Å². The van der Waals surface area contributed by atoms with Crippen LogP contribution in [-0.4, -0.2) is 11.1 Å². The predicted molar refractivity (Wildman–Crippen MR) is 104 cm³/mol. The Bertz CT molecular complexity index is 1070. The molecule has 0 atom stereocenters. The van der Waals surface area contributed by atoms with Gasteiger partial charge in [-0.15, -0.1) is 0 Å². The summed E-state index contributed by atoms with van der Waals surface area (Å²) in [6, 6.07) is 8.71. The minimum atomic E-state index is -0.928. The van der Waals surface area contributed by atoms with Crippen molar-refractivity contribution >= 4 is 28.0 Å². The summed E-state index contributed by atoms with van der Waals surface area (Å²) in [6.45, 7) is 0.309. The second-order valence-corrected chi connectivity index (χ2v) is 6.88. The molecule has 0 amide bonds. The maximum Gasteiger partial charge on any atom is 0.191 e. The summed E-state index contributed by atoms with van der Waals surface area (Å²) in [6.07, 6.45) is 3.91. The third-order valence-corrected chi connectivity index (χ3v) is 4.92. The van der Waals surface area contributed by atoms with Crippen molar-refractivity contribution in [3.63, 3.8) is 0 Å². The summed E-state index contributed by atoms with van der Waals surface area (Å²) in [5.74, 6) is -1.71. The Morgan fingerprint density at radius 3 is 2.44 bits per heavy atom. The van der Waals surface area contributed by atoms with Crippen molar-refractivity contribution in [1.29, 1.82) is 0 Å². The molecule has 140 valence electrons. The SMILES string of the molecule is Nc1ccc(CCNc2c(F)c(N)c3c(=O)ccn(C4CC4)c3c2F)cc1. The largest absolute Gasteiger partial charge is 0.399 e. The fourth-order valence-electron chi connectivity index (χ4n) is 3.32. The van der Waals surface area contributed by atoms with Crippen LogP contribution in [-0.2, 0) is 6.42 Å². The summed E-state index contributed by atoms with van der Waals surface area (Å²) in [7, 11) is 0. The van der Waals surface area contributed by atoms with Crippen molar-refractivity contribution in [2.24, 2.45) is 0 Å². The molecule has 1 fully saturated rings. The van der Waals surface area contributed by atoms with E-state index in [-0.39, 0.29) is 28.3 Å². The van der Waals surface area contributed by atoms with Gasteiger partial charge in [0.1, 0.15) is 5.69 Å². The first kappa shape index (κ1) is 17.3. The second-order valence-electron chi connectivity index (χ2n) is 6.88. The van der Waals surface area contributed by atoms with E-state index in [4.69, 9.17) is 11.5 Å². The number of pyridine rings is 1.